The molecule has 1 aromatic heterocycles. The van der Waals surface area contributed by atoms with Gasteiger partial charge < -0.3 is 10.2 Å². The van der Waals surface area contributed by atoms with Crippen molar-refractivity contribution < 1.29 is 4.79 Å². The normalized spacial score (nSPS) is 20.4. The summed E-state index contributed by atoms with van der Waals surface area (Å²) in [5.41, 5.74) is 0. The third-order valence-corrected chi connectivity index (χ3v) is 3.64. The fourth-order valence-electron chi connectivity index (χ4n) is 2.41. The predicted molar refractivity (Wildman–Crippen MR) is 70.3 cm³/mol. The molecule has 0 radical (unpaired) electrons. The van der Waals surface area contributed by atoms with Crippen LogP contribution in [-0.2, 0) is 11.3 Å². The molecule has 2 rings (SSSR count). The van der Waals surface area contributed by atoms with E-state index in [9.17, 15) is 4.79 Å². The highest BCUT2D eigenvalue weighted by molar-refractivity contribution is 5.75. The summed E-state index contributed by atoms with van der Waals surface area (Å²) in [5.74, 6) is 0.118. The Kier molecular flexibility index (Phi) is 5.26. The van der Waals surface area contributed by atoms with Gasteiger partial charge in [0.15, 0.2) is 0 Å². The Balaban J connectivity index is 1.59. The molecule has 2 heterocycles. The molecule has 0 spiro atoms. The van der Waals surface area contributed by atoms with Crippen molar-refractivity contribution in [1.82, 2.24) is 30.4 Å². The first kappa shape index (κ1) is 13.9. The summed E-state index contributed by atoms with van der Waals surface area (Å²) in [7, 11) is 2.13. The Labute approximate surface area is 113 Å². The molecule has 1 unspecified atom stereocenters. The van der Waals surface area contributed by atoms with Crippen molar-refractivity contribution in [3.63, 3.8) is 0 Å². The second-order valence-corrected chi connectivity index (χ2v) is 5.11. The van der Waals surface area contributed by atoms with Crippen molar-refractivity contribution in [3.8, 4) is 0 Å². The summed E-state index contributed by atoms with van der Waals surface area (Å²) in [6.07, 6.45) is 6.57. The molecule has 0 aliphatic carbocycles. The van der Waals surface area contributed by atoms with Crippen LogP contribution in [0.4, 0.5) is 0 Å². The molecule has 7 heteroatoms. The van der Waals surface area contributed by atoms with Gasteiger partial charge in [0.2, 0.25) is 5.91 Å². The van der Waals surface area contributed by atoms with E-state index >= 15 is 0 Å². The number of hydrogen-bond donors (Lipinski definition) is 1. The van der Waals surface area contributed by atoms with Crippen molar-refractivity contribution in [2.24, 2.45) is 0 Å². The van der Waals surface area contributed by atoms with Crippen LogP contribution in [-0.4, -0.2) is 57.2 Å². The molecule has 1 fully saturated rings. The summed E-state index contributed by atoms with van der Waals surface area (Å²) in [4.78, 5) is 14.1. The number of carbonyl (C=O) groups is 1. The van der Waals surface area contributed by atoms with E-state index in [-0.39, 0.29) is 5.91 Å². The molecular weight excluding hydrogens is 244 g/mol. The highest BCUT2D eigenvalue weighted by Gasteiger charge is 2.18. The molecule has 0 saturated carbocycles. The van der Waals surface area contributed by atoms with E-state index in [0.29, 0.717) is 19.0 Å². The second kappa shape index (κ2) is 7.18. The Bertz CT molecular complexity index is 380. The molecule has 0 bridgehead atoms. The van der Waals surface area contributed by atoms with Gasteiger partial charge in [-0.15, -0.1) is 5.10 Å². The average Bonchev–Trinajstić information content (AvgIpc) is 2.91. The highest BCUT2D eigenvalue weighted by Crippen LogP contribution is 2.13. The molecule has 106 valence electrons. The first-order valence-corrected chi connectivity index (χ1v) is 6.93. The summed E-state index contributed by atoms with van der Waals surface area (Å²) in [5, 5.41) is 13.9. The lowest BCUT2D eigenvalue weighted by molar-refractivity contribution is -0.121. The fourth-order valence-corrected chi connectivity index (χ4v) is 2.41. The molecule has 1 aliphatic rings. The number of aryl methyl sites for hydroxylation is 1. The van der Waals surface area contributed by atoms with Crippen molar-refractivity contribution >= 4 is 5.91 Å². The van der Waals surface area contributed by atoms with Crippen LogP contribution in [0.1, 0.15) is 32.1 Å². The number of nitrogens with zero attached hydrogens (tertiary/aromatic N) is 5. The third kappa shape index (κ3) is 4.59. The summed E-state index contributed by atoms with van der Waals surface area (Å²) in [6.45, 7) is 2.59. The van der Waals surface area contributed by atoms with Gasteiger partial charge in [-0.3, -0.25) is 4.79 Å². The Morgan fingerprint density at radius 1 is 1.47 bits per heavy atom. The third-order valence-electron chi connectivity index (χ3n) is 3.64. The van der Waals surface area contributed by atoms with E-state index in [0.717, 1.165) is 19.5 Å². The summed E-state index contributed by atoms with van der Waals surface area (Å²) in [6, 6.07) is 0.497. The molecule has 19 heavy (non-hydrogen) atoms. The second-order valence-electron chi connectivity index (χ2n) is 5.11. The van der Waals surface area contributed by atoms with Crippen LogP contribution in [0.15, 0.2) is 6.33 Å². The van der Waals surface area contributed by atoms with Crippen molar-refractivity contribution in [2.45, 2.75) is 44.7 Å². The van der Waals surface area contributed by atoms with Crippen molar-refractivity contribution in [1.29, 1.82) is 0 Å². The van der Waals surface area contributed by atoms with Gasteiger partial charge in [0.1, 0.15) is 6.33 Å². The van der Waals surface area contributed by atoms with Gasteiger partial charge >= 0.3 is 0 Å². The lowest BCUT2D eigenvalue weighted by atomic mass is 10.0. The monoisotopic (exact) mass is 266 g/mol. The van der Waals surface area contributed by atoms with Gasteiger partial charge in [-0.25, -0.2) is 4.68 Å². The van der Waals surface area contributed by atoms with Gasteiger partial charge in [0, 0.05) is 25.6 Å². The molecule has 1 amide bonds. The number of hydrogen-bond acceptors (Lipinski definition) is 5. The molecule has 1 aromatic rings. The minimum atomic E-state index is 0.118. The number of carbonyl (C=O) groups excluding carboxylic acids is 1. The Hall–Kier alpha value is -1.50. The molecule has 1 atom stereocenters. The van der Waals surface area contributed by atoms with E-state index in [4.69, 9.17) is 0 Å². The molecule has 1 saturated heterocycles. The highest BCUT2D eigenvalue weighted by atomic mass is 16.1. The summed E-state index contributed by atoms with van der Waals surface area (Å²) >= 11 is 0. The lowest BCUT2D eigenvalue weighted by Crippen LogP contribution is -2.44. The van der Waals surface area contributed by atoms with Gasteiger partial charge in [-0.2, -0.15) is 0 Å². The van der Waals surface area contributed by atoms with E-state index in [1.807, 2.05) is 0 Å². The van der Waals surface area contributed by atoms with Crippen LogP contribution >= 0.6 is 0 Å². The van der Waals surface area contributed by atoms with Gasteiger partial charge in [-0.1, -0.05) is 6.42 Å². The van der Waals surface area contributed by atoms with Gasteiger partial charge in [-0.05, 0) is 43.3 Å². The van der Waals surface area contributed by atoms with E-state index in [2.05, 4.69) is 32.8 Å². The number of likely N-dealkylation sites (N-methyl/N-ethyl adjacent to an activating group) is 1. The maximum atomic E-state index is 11.7. The first-order valence-electron chi connectivity index (χ1n) is 6.93. The number of rotatable bonds is 6. The quantitative estimate of drug-likeness (QED) is 0.787. The number of amides is 1. The molecule has 1 N–H and O–H groups in total. The Morgan fingerprint density at radius 2 is 2.37 bits per heavy atom. The van der Waals surface area contributed by atoms with Crippen LogP contribution in [0, 0.1) is 0 Å². The zero-order valence-corrected chi connectivity index (χ0v) is 11.5. The van der Waals surface area contributed by atoms with E-state index < -0.39 is 0 Å². The minimum absolute atomic E-state index is 0.118. The molecule has 1 aliphatic heterocycles. The largest absolute Gasteiger partial charge is 0.355 e. The minimum Gasteiger partial charge on any atom is -0.355 e. The average molecular weight is 266 g/mol. The number of tetrazole rings is 1. The molecule has 7 nitrogen and oxygen atoms in total. The van der Waals surface area contributed by atoms with Crippen molar-refractivity contribution in [2.75, 3.05) is 20.1 Å². The Morgan fingerprint density at radius 3 is 3.11 bits per heavy atom. The SMILES string of the molecule is CN1CCCCC1CNC(=O)CCCn1cnnn1. The van der Waals surface area contributed by atoms with Gasteiger partial charge in [0.05, 0.1) is 0 Å². The summed E-state index contributed by atoms with van der Waals surface area (Å²) < 4.78 is 1.64. The van der Waals surface area contributed by atoms with Gasteiger partial charge in [0.25, 0.3) is 0 Å². The van der Waals surface area contributed by atoms with Crippen LogP contribution in [0.5, 0.6) is 0 Å². The van der Waals surface area contributed by atoms with Crippen LogP contribution < -0.4 is 5.32 Å². The lowest BCUT2D eigenvalue weighted by Gasteiger charge is -2.32. The standard InChI is InChI=1S/C12H22N6O/c1-17-7-3-2-5-11(17)9-13-12(19)6-4-8-18-10-14-15-16-18/h10-11H,2-9H2,1H3,(H,13,19). The molecular formula is C12H22N6O. The first-order chi connectivity index (χ1) is 9.25. The smallest absolute Gasteiger partial charge is 0.220 e. The topological polar surface area (TPSA) is 75.9 Å². The number of aromatic nitrogens is 4. The number of nitrogens with one attached hydrogen (secondary N) is 1. The van der Waals surface area contributed by atoms with E-state index in [1.54, 1.807) is 11.0 Å². The zero-order valence-electron chi connectivity index (χ0n) is 11.5. The van der Waals surface area contributed by atoms with Crippen LogP contribution in [0.25, 0.3) is 0 Å². The number of likely N-dealkylation sites (tertiary alicyclic amines) is 1. The molecule has 0 aromatic carbocycles. The van der Waals surface area contributed by atoms with Crippen LogP contribution in [0.3, 0.4) is 0 Å². The van der Waals surface area contributed by atoms with Crippen molar-refractivity contribution in [3.05, 3.63) is 6.33 Å². The maximum Gasteiger partial charge on any atom is 0.220 e. The number of piperidine rings is 1. The van der Waals surface area contributed by atoms with Crippen LogP contribution in [0.2, 0.25) is 0 Å². The zero-order chi connectivity index (χ0) is 13.5. The maximum absolute atomic E-state index is 11.7. The predicted octanol–water partition coefficient (Wildman–Crippen LogP) is 0.0538. The van der Waals surface area contributed by atoms with E-state index in [1.165, 1.54) is 19.3 Å². The fraction of sp³-hybridized carbons (Fsp3) is 0.833.